The molecule has 0 atom stereocenters. The monoisotopic (exact) mass is 285 g/mol. The standard InChI is InChI=1S/C12H18BrOSi/c1-12(2,3)10-8(13)6-7-9(14)11(10)15(4)5/h6-7,14H,1-5H3. The van der Waals surface area contributed by atoms with Crippen LogP contribution in [0.5, 0.6) is 5.75 Å². The summed E-state index contributed by atoms with van der Waals surface area (Å²) >= 11 is 3.59. The Bertz CT molecular complexity index is 367. The van der Waals surface area contributed by atoms with Gasteiger partial charge in [0.2, 0.25) is 0 Å². The fourth-order valence-corrected chi connectivity index (χ4v) is 4.52. The van der Waals surface area contributed by atoms with Crippen molar-refractivity contribution >= 4 is 29.9 Å². The maximum atomic E-state index is 9.95. The lowest BCUT2D eigenvalue weighted by atomic mass is 9.87. The zero-order valence-corrected chi connectivity index (χ0v) is 12.6. The molecule has 1 aromatic rings. The lowest BCUT2D eigenvalue weighted by Gasteiger charge is -2.26. The van der Waals surface area contributed by atoms with Crippen molar-refractivity contribution in [2.24, 2.45) is 0 Å². The van der Waals surface area contributed by atoms with Crippen molar-refractivity contribution in [3.63, 3.8) is 0 Å². The van der Waals surface area contributed by atoms with Crippen LogP contribution in [0.4, 0.5) is 0 Å². The van der Waals surface area contributed by atoms with E-state index in [0.29, 0.717) is 5.75 Å². The maximum absolute atomic E-state index is 9.95. The molecule has 0 fully saturated rings. The molecule has 0 spiro atoms. The minimum atomic E-state index is -0.657. The third-order valence-electron chi connectivity index (χ3n) is 2.38. The number of phenolic OH excluding ortho intramolecular Hbond substituents is 1. The molecule has 1 aromatic carbocycles. The predicted molar refractivity (Wildman–Crippen MR) is 71.6 cm³/mol. The van der Waals surface area contributed by atoms with Crippen LogP contribution in [0.1, 0.15) is 26.3 Å². The third-order valence-corrected chi connectivity index (χ3v) is 4.55. The Kier molecular flexibility index (Phi) is 3.66. The molecule has 15 heavy (non-hydrogen) atoms. The van der Waals surface area contributed by atoms with E-state index in [1.165, 1.54) is 5.56 Å². The number of hydrogen-bond acceptors (Lipinski definition) is 1. The van der Waals surface area contributed by atoms with Crippen LogP contribution in [0.25, 0.3) is 0 Å². The molecule has 0 aromatic heterocycles. The quantitative estimate of drug-likeness (QED) is 0.784. The summed E-state index contributed by atoms with van der Waals surface area (Å²) in [6.07, 6.45) is 0. The molecule has 83 valence electrons. The van der Waals surface area contributed by atoms with Gasteiger partial charge in [-0.25, -0.2) is 0 Å². The zero-order chi connectivity index (χ0) is 11.8. The van der Waals surface area contributed by atoms with E-state index in [-0.39, 0.29) is 5.41 Å². The molecule has 1 nitrogen and oxygen atoms in total. The highest BCUT2D eigenvalue weighted by Crippen LogP contribution is 2.31. The second-order valence-corrected chi connectivity index (χ2v) is 8.42. The molecule has 1 rings (SSSR count). The Balaban J connectivity index is 3.53. The number of aromatic hydroxyl groups is 1. The third kappa shape index (κ3) is 2.64. The fourth-order valence-electron chi connectivity index (χ4n) is 1.81. The van der Waals surface area contributed by atoms with Gasteiger partial charge < -0.3 is 5.11 Å². The van der Waals surface area contributed by atoms with E-state index >= 15 is 0 Å². The molecule has 1 radical (unpaired) electrons. The molecule has 0 amide bonds. The molecular weight excluding hydrogens is 268 g/mol. The first-order chi connectivity index (χ1) is 6.75. The minimum absolute atomic E-state index is 0.0643. The van der Waals surface area contributed by atoms with E-state index < -0.39 is 8.80 Å². The van der Waals surface area contributed by atoms with Gasteiger partial charge in [-0.1, -0.05) is 49.8 Å². The van der Waals surface area contributed by atoms with Crippen LogP contribution in [0.3, 0.4) is 0 Å². The predicted octanol–water partition coefficient (Wildman–Crippen LogP) is 3.41. The summed E-state index contributed by atoms with van der Waals surface area (Å²) in [6, 6.07) is 3.72. The van der Waals surface area contributed by atoms with Crippen LogP contribution in [-0.4, -0.2) is 13.9 Å². The highest BCUT2D eigenvalue weighted by atomic mass is 79.9. The average molecular weight is 286 g/mol. The normalized spacial score (nSPS) is 12.2. The highest BCUT2D eigenvalue weighted by Gasteiger charge is 2.25. The smallest absolute Gasteiger partial charge is 0.114 e. The van der Waals surface area contributed by atoms with Crippen LogP contribution in [0, 0.1) is 0 Å². The van der Waals surface area contributed by atoms with Gasteiger partial charge in [0, 0.05) is 4.47 Å². The van der Waals surface area contributed by atoms with Gasteiger partial charge in [-0.3, -0.25) is 0 Å². The Morgan fingerprint density at radius 1 is 1.20 bits per heavy atom. The van der Waals surface area contributed by atoms with Crippen molar-refractivity contribution < 1.29 is 5.11 Å². The van der Waals surface area contributed by atoms with Crippen molar-refractivity contribution in [3.8, 4) is 5.75 Å². The van der Waals surface area contributed by atoms with E-state index in [0.717, 1.165) is 9.66 Å². The Morgan fingerprint density at radius 3 is 2.07 bits per heavy atom. The van der Waals surface area contributed by atoms with E-state index in [1.807, 2.05) is 6.07 Å². The molecule has 0 aliphatic heterocycles. The van der Waals surface area contributed by atoms with Gasteiger partial charge in [-0.05, 0) is 28.3 Å². The van der Waals surface area contributed by atoms with Crippen molar-refractivity contribution in [1.82, 2.24) is 0 Å². The molecular formula is C12H18BrOSi. The van der Waals surface area contributed by atoms with Crippen molar-refractivity contribution in [2.75, 3.05) is 0 Å². The summed E-state index contributed by atoms with van der Waals surface area (Å²) in [5, 5.41) is 11.1. The summed E-state index contributed by atoms with van der Waals surface area (Å²) in [7, 11) is -0.657. The Labute approximate surface area is 102 Å². The van der Waals surface area contributed by atoms with Gasteiger partial charge in [0.25, 0.3) is 0 Å². The number of phenols is 1. The van der Waals surface area contributed by atoms with Crippen molar-refractivity contribution in [2.45, 2.75) is 39.3 Å². The lowest BCUT2D eigenvalue weighted by molar-refractivity contribution is 0.476. The highest BCUT2D eigenvalue weighted by molar-refractivity contribution is 9.10. The number of rotatable bonds is 1. The molecule has 0 heterocycles. The van der Waals surface area contributed by atoms with Gasteiger partial charge in [0.05, 0.1) is 8.80 Å². The second kappa shape index (κ2) is 4.30. The van der Waals surface area contributed by atoms with Gasteiger partial charge in [0.15, 0.2) is 0 Å². The summed E-state index contributed by atoms with van der Waals surface area (Å²) in [6.45, 7) is 11.0. The second-order valence-electron chi connectivity index (χ2n) is 5.07. The Hall–Kier alpha value is -0.283. The largest absolute Gasteiger partial charge is 0.508 e. The first-order valence-corrected chi connectivity index (χ1v) is 8.37. The maximum Gasteiger partial charge on any atom is 0.114 e. The van der Waals surface area contributed by atoms with E-state index in [2.05, 4.69) is 49.8 Å². The molecule has 0 unspecified atom stereocenters. The van der Waals surface area contributed by atoms with Crippen molar-refractivity contribution in [3.05, 3.63) is 22.2 Å². The fraction of sp³-hybridized carbons (Fsp3) is 0.500. The van der Waals surface area contributed by atoms with E-state index in [9.17, 15) is 5.11 Å². The molecule has 0 aliphatic carbocycles. The first-order valence-electron chi connectivity index (χ1n) is 5.07. The van der Waals surface area contributed by atoms with Crippen LogP contribution < -0.4 is 5.19 Å². The number of benzene rings is 1. The zero-order valence-electron chi connectivity index (χ0n) is 9.98. The summed E-state index contributed by atoms with van der Waals surface area (Å²) in [5.41, 5.74) is 1.32. The summed E-state index contributed by atoms with van der Waals surface area (Å²) in [4.78, 5) is 0. The molecule has 3 heteroatoms. The lowest BCUT2D eigenvalue weighted by Crippen LogP contribution is -2.33. The van der Waals surface area contributed by atoms with Crippen LogP contribution >= 0.6 is 15.9 Å². The van der Waals surface area contributed by atoms with Crippen molar-refractivity contribution in [1.29, 1.82) is 0 Å². The SMILES string of the molecule is C[Si](C)c1c(O)ccc(Br)c1C(C)(C)C. The molecule has 1 N–H and O–H groups in total. The van der Waals surface area contributed by atoms with Gasteiger partial charge >= 0.3 is 0 Å². The van der Waals surface area contributed by atoms with Crippen LogP contribution in [0.15, 0.2) is 16.6 Å². The first kappa shape index (κ1) is 12.8. The van der Waals surface area contributed by atoms with Gasteiger partial charge in [-0.2, -0.15) is 0 Å². The molecule has 0 saturated carbocycles. The summed E-state index contributed by atoms with van der Waals surface area (Å²) < 4.78 is 1.11. The van der Waals surface area contributed by atoms with Crippen LogP contribution in [-0.2, 0) is 5.41 Å². The van der Waals surface area contributed by atoms with E-state index in [4.69, 9.17) is 0 Å². The summed E-state index contributed by atoms with van der Waals surface area (Å²) in [5.74, 6) is 0.446. The van der Waals surface area contributed by atoms with Gasteiger partial charge in [0.1, 0.15) is 5.75 Å². The van der Waals surface area contributed by atoms with E-state index in [1.54, 1.807) is 6.07 Å². The van der Waals surface area contributed by atoms with Crippen LogP contribution in [0.2, 0.25) is 13.1 Å². The topological polar surface area (TPSA) is 20.2 Å². The molecule has 0 bridgehead atoms. The molecule has 0 aliphatic rings. The minimum Gasteiger partial charge on any atom is -0.508 e. The number of hydrogen-bond donors (Lipinski definition) is 1. The average Bonchev–Trinajstić information content (AvgIpc) is 2.05. The molecule has 0 saturated heterocycles. The Morgan fingerprint density at radius 2 is 1.73 bits per heavy atom. The van der Waals surface area contributed by atoms with Gasteiger partial charge in [-0.15, -0.1) is 0 Å². The number of halogens is 1.